The number of carbonyl (C=O) groups is 3. The molecule has 0 aliphatic heterocycles. The highest BCUT2D eigenvalue weighted by molar-refractivity contribution is 6.02. The lowest BCUT2D eigenvalue weighted by Crippen LogP contribution is -2.14. The van der Waals surface area contributed by atoms with Gasteiger partial charge in [0.1, 0.15) is 0 Å². The Morgan fingerprint density at radius 3 is 2.43 bits per heavy atom. The van der Waals surface area contributed by atoms with Crippen LogP contribution in [0.2, 0.25) is 0 Å². The first-order chi connectivity index (χ1) is 10.9. The fourth-order valence-corrected chi connectivity index (χ4v) is 2.04. The maximum atomic E-state index is 12.1. The van der Waals surface area contributed by atoms with E-state index in [1.165, 1.54) is 12.2 Å². The minimum absolute atomic E-state index is 0.246. The molecule has 1 aromatic rings. The van der Waals surface area contributed by atoms with E-state index in [2.05, 4.69) is 4.98 Å². The molecule has 6 nitrogen and oxygen atoms in total. The minimum atomic E-state index is -0.608. The van der Waals surface area contributed by atoms with Crippen LogP contribution in [0.1, 0.15) is 46.0 Å². The maximum absolute atomic E-state index is 12.1. The summed E-state index contributed by atoms with van der Waals surface area (Å²) in [5.41, 5.74) is 1.63. The van der Waals surface area contributed by atoms with Gasteiger partial charge in [-0.1, -0.05) is 18.2 Å². The standard InChI is InChI=1S/C17H21NO5/c1-5-7-8-9-14(20)23-10-13(19)16-11(3)15(12(4)18-16)17(21)22-6-2/h5,7-9,18H,6,10H2,1-4H3/b7-5+,9-8+. The number of aryl methyl sites for hydroxylation is 1. The molecule has 6 heteroatoms. The van der Waals surface area contributed by atoms with Gasteiger partial charge < -0.3 is 14.5 Å². The molecular weight excluding hydrogens is 298 g/mol. The molecule has 0 bridgehead atoms. The molecule has 0 aliphatic carbocycles. The van der Waals surface area contributed by atoms with E-state index in [0.29, 0.717) is 16.8 Å². The van der Waals surface area contributed by atoms with E-state index in [9.17, 15) is 14.4 Å². The van der Waals surface area contributed by atoms with Gasteiger partial charge in [-0.15, -0.1) is 0 Å². The number of hydrogen-bond acceptors (Lipinski definition) is 5. The molecule has 0 saturated carbocycles. The summed E-state index contributed by atoms with van der Waals surface area (Å²) in [5, 5.41) is 0. The van der Waals surface area contributed by atoms with E-state index in [4.69, 9.17) is 9.47 Å². The maximum Gasteiger partial charge on any atom is 0.340 e. The van der Waals surface area contributed by atoms with E-state index in [1.54, 1.807) is 32.9 Å². The summed E-state index contributed by atoms with van der Waals surface area (Å²) in [6.07, 6.45) is 6.18. The van der Waals surface area contributed by atoms with Crippen LogP contribution < -0.4 is 0 Å². The van der Waals surface area contributed by atoms with Crippen molar-refractivity contribution >= 4 is 17.7 Å². The number of aromatic nitrogens is 1. The van der Waals surface area contributed by atoms with E-state index >= 15 is 0 Å². The molecule has 0 atom stereocenters. The molecule has 23 heavy (non-hydrogen) atoms. The molecule has 1 aromatic heterocycles. The number of Topliss-reactive ketones (excluding diaryl/α,β-unsaturated/α-hetero) is 1. The number of aromatic amines is 1. The molecule has 1 rings (SSSR count). The smallest absolute Gasteiger partial charge is 0.340 e. The number of carbonyl (C=O) groups excluding carboxylic acids is 3. The number of allylic oxidation sites excluding steroid dienone is 3. The summed E-state index contributed by atoms with van der Waals surface area (Å²) < 4.78 is 9.84. The third kappa shape index (κ3) is 4.95. The molecule has 0 fully saturated rings. The topological polar surface area (TPSA) is 85.5 Å². The van der Waals surface area contributed by atoms with Crippen LogP contribution in [0.15, 0.2) is 24.3 Å². The summed E-state index contributed by atoms with van der Waals surface area (Å²) in [5.74, 6) is -1.50. The van der Waals surface area contributed by atoms with Crippen LogP contribution in [0, 0.1) is 13.8 Å². The van der Waals surface area contributed by atoms with Crippen LogP contribution in [0.25, 0.3) is 0 Å². The Labute approximate surface area is 135 Å². The number of esters is 2. The number of ether oxygens (including phenoxy) is 2. The first-order valence-electron chi connectivity index (χ1n) is 7.27. The molecule has 1 heterocycles. The summed E-state index contributed by atoms with van der Waals surface area (Å²) in [7, 11) is 0. The quantitative estimate of drug-likeness (QED) is 0.361. The highest BCUT2D eigenvalue weighted by Gasteiger charge is 2.23. The van der Waals surface area contributed by atoms with Crippen molar-refractivity contribution in [1.82, 2.24) is 4.98 Å². The lowest BCUT2D eigenvalue weighted by Gasteiger charge is -2.03. The van der Waals surface area contributed by atoms with Gasteiger partial charge >= 0.3 is 11.9 Å². The predicted octanol–water partition coefficient (Wildman–Crippen LogP) is 2.67. The van der Waals surface area contributed by atoms with Gasteiger partial charge in [0.05, 0.1) is 17.9 Å². The average molecular weight is 319 g/mol. The molecule has 1 N–H and O–H groups in total. The normalized spacial score (nSPS) is 11.1. The van der Waals surface area contributed by atoms with Gasteiger partial charge in [0.15, 0.2) is 6.61 Å². The zero-order valence-electron chi connectivity index (χ0n) is 13.8. The fourth-order valence-electron chi connectivity index (χ4n) is 2.04. The van der Waals surface area contributed by atoms with E-state index in [0.717, 1.165) is 0 Å². The van der Waals surface area contributed by atoms with Gasteiger partial charge in [-0.25, -0.2) is 9.59 Å². The van der Waals surface area contributed by atoms with Gasteiger partial charge in [0.25, 0.3) is 0 Å². The van der Waals surface area contributed by atoms with Gasteiger partial charge in [-0.3, -0.25) is 4.79 Å². The minimum Gasteiger partial charge on any atom is -0.462 e. The third-order valence-electron chi connectivity index (χ3n) is 3.08. The molecule has 0 saturated heterocycles. The SMILES string of the molecule is C/C=C/C=C/C(=O)OCC(=O)c1[nH]c(C)c(C(=O)OCC)c1C. The lowest BCUT2D eigenvalue weighted by atomic mass is 10.1. The van der Waals surface area contributed by atoms with Crippen LogP contribution in [-0.2, 0) is 14.3 Å². The van der Waals surface area contributed by atoms with Crippen molar-refractivity contribution in [3.05, 3.63) is 46.8 Å². The lowest BCUT2D eigenvalue weighted by molar-refractivity contribution is -0.136. The first-order valence-corrected chi connectivity index (χ1v) is 7.27. The third-order valence-corrected chi connectivity index (χ3v) is 3.08. The van der Waals surface area contributed by atoms with Crippen molar-refractivity contribution in [3.63, 3.8) is 0 Å². The Morgan fingerprint density at radius 1 is 1.13 bits per heavy atom. The summed E-state index contributed by atoms with van der Waals surface area (Å²) in [6, 6.07) is 0. The Hall–Kier alpha value is -2.63. The van der Waals surface area contributed by atoms with Crippen LogP contribution in [0.5, 0.6) is 0 Å². The number of ketones is 1. The molecule has 0 amide bonds. The molecule has 0 aliphatic rings. The predicted molar refractivity (Wildman–Crippen MR) is 85.5 cm³/mol. The molecule has 0 radical (unpaired) electrons. The van der Waals surface area contributed by atoms with Gasteiger partial charge in [-0.05, 0) is 33.3 Å². The Morgan fingerprint density at radius 2 is 1.83 bits per heavy atom. The Balaban J connectivity index is 2.80. The number of nitrogens with one attached hydrogen (secondary N) is 1. The van der Waals surface area contributed by atoms with Gasteiger partial charge in [-0.2, -0.15) is 0 Å². The first kappa shape index (κ1) is 18.4. The van der Waals surface area contributed by atoms with Crippen molar-refractivity contribution in [2.45, 2.75) is 27.7 Å². The van der Waals surface area contributed by atoms with Crippen molar-refractivity contribution < 1.29 is 23.9 Å². The Kier molecular flexibility index (Phi) is 6.99. The second-order valence-electron chi connectivity index (χ2n) is 4.76. The molecule has 124 valence electrons. The van der Waals surface area contributed by atoms with Crippen LogP contribution in [0.4, 0.5) is 0 Å². The molecule has 0 unspecified atom stereocenters. The largest absolute Gasteiger partial charge is 0.462 e. The second-order valence-corrected chi connectivity index (χ2v) is 4.76. The summed E-state index contributed by atoms with van der Waals surface area (Å²) in [6.45, 7) is 6.71. The van der Waals surface area contributed by atoms with Crippen molar-refractivity contribution in [2.75, 3.05) is 13.2 Å². The average Bonchev–Trinajstić information content (AvgIpc) is 2.80. The zero-order chi connectivity index (χ0) is 17.4. The molecule has 0 aromatic carbocycles. The highest BCUT2D eigenvalue weighted by atomic mass is 16.5. The second kappa shape index (κ2) is 8.73. The van der Waals surface area contributed by atoms with Crippen molar-refractivity contribution in [1.29, 1.82) is 0 Å². The van der Waals surface area contributed by atoms with Crippen molar-refractivity contribution in [2.24, 2.45) is 0 Å². The van der Waals surface area contributed by atoms with Crippen molar-refractivity contribution in [3.8, 4) is 0 Å². The molecule has 0 spiro atoms. The number of H-pyrrole nitrogens is 1. The zero-order valence-corrected chi connectivity index (χ0v) is 13.8. The van der Waals surface area contributed by atoms with E-state index in [1.807, 2.05) is 6.92 Å². The highest BCUT2D eigenvalue weighted by Crippen LogP contribution is 2.19. The van der Waals surface area contributed by atoms with Gasteiger partial charge in [0.2, 0.25) is 5.78 Å². The number of rotatable bonds is 7. The van der Waals surface area contributed by atoms with Crippen LogP contribution in [0.3, 0.4) is 0 Å². The summed E-state index contributed by atoms with van der Waals surface area (Å²) in [4.78, 5) is 38.3. The van der Waals surface area contributed by atoms with Crippen LogP contribution in [-0.4, -0.2) is 35.9 Å². The van der Waals surface area contributed by atoms with E-state index < -0.39 is 24.3 Å². The van der Waals surface area contributed by atoms with E-state index in [-0.39, 0.29) is 12.3 Å². The monoisotopic (exact) mass is 319 g/mol. The van der Waals surface area contributed by atoms with Gasteiger partial charge in [0, 0.05) is 11.8 Å². The summed E-state index contributed by atoms with van der Waals surface area (Å²) >= 11 is 0. The fraction of sp³-hybridized carbons (Fsp3) is 0.353. The molecular formula is C17H21NO5. The van der Waals surface area contributed by atoms with Crippen LogP contribution >= 0.6 is 0 Å². The Bertz CT molecular complexity index is 652. The number of hydrogen-bond donors (Lipinski definition) is 1.